The Balaban J connectivity index is 2.21. The molecule has 0 bridgehead atoms. The van der Waals surface area contributed by atoms with Crippen LogP contribution < -0.4 is 5.73 Å². The monoisotopic (exact) mass is 224 g/mol. The van der Waals surface area contributed by atoms with Gasteiger partial charge in [-0.05, 0) is 26.0 Å². The summed E-state index contributed by atoms with van der Waals surface area (Å²) >= 11 is 0. The number of nitrogens with zero attached hydrogens (tertiary/aromatic N) is 1. The van der Waals surface area contributed by atoms with Crippen molar-refractivity contribution in [3.63, 3.8) is 0 Å². The lowest BCUT2D eigenvalue weighted by molar-refractivity contribution is 0.0135. The molecule has 2 N–H and O–H groups in total. The van der Waals surface area contributed by atoms with Crippen molar-refractivity contribution < 1.29 is 9.47 Å². The van der Waals surface area contributed by atoms with Crippen LogP contribution in [0.3, 0.4) is 0 Å². The SMILES string of the molecule is CC(C)OCCOCc1cccc(CN)n1. The Morgan fingerprint density at radius 2 is 2.00 bits per heavy atom. The van der Waals surface area contributed by atoms with Crippen LogP contribution in [0.4, 0.5) is 0 Å². The van der Waals surface area contributed by atoms with E-state index in [1.54, 1.807) is 0 Å². The van der Waals surface area contributed by atoms with Crippen LogP contribution in [0.5, 0.6) is 0 Å². The van der Waals surface area contributed by atoms with Crippen molar-refractivity contribution in [2.75, 3.05) is 13.2 Å². The van der Waals surface area contributed by atoms with Gasteiger partial charge in [-0.15, -0.1) is 0 Å². The smallest absolute Gasteiger partial charge is 0.0889 e. The van der Waals surface area contributed by atoms with Crippen molar-refractivity contribution in [1.29, 1.82) is 0 Å². The molecule has 1 aromatic rings. The van der Waals surface area contributed by atoms with Gasteiger partial charge in [0.1, 0.15) is 0 Å². The first-order chi connectivity index (χ1) is 7.72. The molecule has 1 aromatic heterocycles. The van der Waals surface area contributed by atoms with Gasteiger partial charge in [0.2, 0.25) is 0 Å². The molecule has 0 atom stereocenters. The minimum absolute atomic E-state index is 0.252. The molecule has 1 heterocycles. The van der Waals surface area contributed by atoms with Crippen LogP contribution in [-0.2, 0) is 22.6 Å². The first-order valence-corrected chi connectivity index (χ1v) is 5.56. The second-order valence-electron chi connectivity index (χ2n) is 3.80. The number of rotatable bonds is 7. The summed E-state index contributed by atoms with van der Waals surface area (Å²) in [5.74, 6) is 0. The van der Waals surface area contributed by atoms with Gasteiger partial charge in [0.15, 0.2) is 0 Å². The molecule has 0 radical (unpaired) electrons. The van der Waals surface area contributed by atoms with E-state index in [-0.39, 0.29) is 6.10 Å². The highest BCUT2D eigenvalue weighted by Gasteiger charge is 1.97. The lowest BCUT2D eigenvalue weighted by atomic mass is 10.3. The quantitative estimate of drug-likeness (QED) is 0.713. The minimum atomic E-state index is 0.252. The van der Waals surface area contributed by atoms with Crippen LogP contribution in [0.1, 0.15) is 25.2 Å². The van der Waals surface area contributed by atoms with E-state index in [2.05, 4.69) is 4.98 Å². The average Bonchev–Trinajstić information content (AvgIpc) is 2.28. The molecular formula is C12H20N2O2. The largest absolute Gasteiger partial charge is 0.376 e. The molecule has 0 spiro atoms. The predicted octanol–water partition coefficient (Wildman–Crippen LogP) is 1.48. The molecule has 0 unspecified atom stereocenters. The topological polar surface area (TPSA) is 57.4 Å². The van der Waals surface area contributed by atoms with E-state index in [0.29, 0.717) is 26.4 Å². The average molecular weight is 224 g/mol. The van der Waals surface area contributed by atoms with Crippen molar-refractivity contribution >= 4 is 0 Å². The maximum absolute atomic E-state index is 5.51. The number of aromatic nitrogens is 1. The van der Waals surface area contributed by atoms with Gasteiger partial charge in [-0.1, -0.05) is 6.07 Å². The van der Waals surface area contributed by atoms with Gasteiger partial charge in [-0.2, -0.15) is 0 Å². The lowest BCUT2D eigenvalue weighted by Crippen LogP contribution is -2.10. The van der Waals surface area contributed by atoms with E-state index in [1.165, 1.54) is 0 Å². The van der Waals surface area contributed by atoms with E-state index >= 15 is 0 Å². The van der Waals surface area contributed by atoms with Crippen LogP contribution in [0, 0.1) is 0 Å². The number of hydrogen-bond acceptors (Lipinski definition) is 4. The summed E-state index contributed by atoms with van der Waals surface area (Å²) in [5.41, 5.74) is 7.30. The zero-order chi connectivity index (χ0) is 11.8. The maximum Gasteiger partial charge on any atom is 0.0889 e. The third-order valence-electron chi connectivity index (χ3n) is 2.00. The third kappa shape index (κ3) is 5.21. The van der Waals surface area contributed by atoms with Crippen molar-refractivity contribution in [3.8, 4) is 0 Å². The molecule has 4 nitrogen and oxygen atoms in total. The van der Waals surface area contributed by atoms with Crippen molar-refractivity contribution in [3.05, 3.63) is 29.6 Å². The van der Waals surface area contributed by atoms with Crippen LogP contribution in [0.25, 0.3) is 0 Å². The van der Waals surface area contributed by atoms with Gasteiger partial charge in [-0.25, -0.2) is 0 Å². The molecule has 4 heteroatoms. The Kier molecular flexibility index (Phi) is 6.00. The highest BCUT2D eigenvalue weighted by Crippen LogP contribution is 2.00. The Labute approximate surface area is 96.8 Å². The van der Waals surface area contributed by atoms with E-state index in [4.69, 9.17) is 15.2 Å². The molecule has 16 heavy (non-hydrogen) atoms. The van der Waals surface area contributed by atoms with Gasteiger partial charge >= 0.3 is 0 Å². The Hall–Kier alpha value is -0.970. The second-order valence-corrected chi connectivity index (χ2v) is 3.80. The molecule has 90 valence electrons. The van der Waals surface area contributed by atoms with E-state index in [9.17, 15) is 0 Å². The summed E-state index contributed by atoms with van der Waals surface area (Å²) in [6.07, 6.45) is 0.252. The molecule has 0 aliphatic carbocycles. The fourth-order valence-corrected chi connectivity index (χ4v) is 1.24. The van der Waals surface area contributed by atoms with Crippen LogP contribution >= 0.6 is 0 Å². The summed E-state index contributed by atoms with van der Waals surface area (Å²) in [4.78, 5) is 4.33. The lowest BCUT2D eigenvalue weighted by Gasteiger charge is -2.08. The fourth-order valence-electron chi connectivity index (χ4n) is 1.24. The minimum Gasteiger partial charge on any atom is -0.376 e. The number of ether oxygens (including phenoxy) is 2. The molecule has 0 saturated heterocycles. The number of pyridine rings is 1. The molecule has 0 amide bonds. The van der Waals surface area contributed by atoms with Gasteiger partial charge in [0.05, 0.1) is 37.3 Å². The summed E-state index contributed by atoms with van der Waals surface area (Å²) in [6.45, 7) is 6.19. The predicted molar refractivity (Wildman–Crippen MR) is 62.9 cm³/mol. The van der Waals surface area contributed by atoms with Gasteiger partial charge in [0, 0.05) is 6.54 Å². The summed E-state index contributed by atoms with van der Waals surface area (Å²) in [6, 6.07) is 5.78. The first kappa shape index (κ1) is 13.1. The Bertz CT molecular complexity index is 303. The molecule has 0 aliphatic rings. The van der Waals surface area contributed by atoms with E-state index in [1.807, 2.05) is 32.0 Å². The highest BCUT2D eigenvalue weighted by atomic mass is 16.5. The van der Waals surface area contributed by atoms with E-state index < -0.39 is 0 Å². The first-order valence-electron chi connectivity index (χ1n) is 5.56. The van der Waals surface area contributed by atoms with Crippen LogP contribution in [0.2, 0.25) is 0 Å². The van der Waals surface area contributed by atoms with Crippen molar-refractivity contribution in [1.82, 2.24) is 4.98 Å². The van der Waals surface area contributed by atoms with Gasteiger partial charge in [0.25, 0.3) is 0 Å². The summed E-state index contributed by atoms with van der Waals surface area (Å²) in [7, 11) is 0. The molecule has 0 fully saturated rings. The normalized spacial score (nSPS) is 11.0. The van der Waals surface area contributed by atoms with Gasteiger partial charge in [-0.3, -0.25) is 4.98 Å². The molecular weight excluding hydrogens is 204 g/mol. The van der Waals surface area contributed by atoms with Gasteiger partial charge < -0.3 is 15.2 Å². The number of hydrogen-bond donors (Lipinski definition) is 1. The molecule has 0 aromatic carbocycles. The van der Waals surface area contributed by atoms with Crippen LogP contribution in [0.15, 0.2) is 18.2 Å². The zero-order valence-corrected chi connectivity index (χ0v) is 9.98. The maximum atomic E-state index is 5.51. The van der Waals surface area contributed by atoms with E-state index in [0.717, 1.165) is 11.4 Å². The van der Waals surface area contributed by atoms with Crippen molar-refractivity contribution in [2.45, 2.75) is 33.1 Å². The highest BCUT2D eigenvalue weighted by molar-refractivity contribution is 5.10. The third-order valence-corrected chi connectivity index (χ3v) is 2.00. The fraction of sp³-hybridized carbons (Fsp3) is 0.583. The molecule has 0 aliphatic heterocycles. The number of nitrogens with two attached hydrogens (primary N) is 1. The Morgan fingerprint density at radius 1 is 1.25 bits per heavy atom. The molecule has 1 rings (SSSR count). The Morgan fingerprint density at radius 3 is 2.69 bits per heavy atom. The summed E-state index contributed by atoms with van der Waals surface area (Å²) in [5, 5.41) is 0. The molecule has 0 saturated carbocycles. The summed E-state index contributed by atoms with van der Waals surface area (Å²) < 4.78 is 10.8. The van der Waals surface area contributed by atoms with Crippen LogP contribution in [-0.4, -0.2) is 24.3 Å². The standard InChI is InChI=1S/C12H20N2O2/c1-10(2)16-7-6-15-9-12-5-3-4-11(8-13)14-12/h3-5,10H,6-9,13H2,1-2H3. The zero-order valence-electron chi connectivity index (χ0n) is 9.98. The van der Waals surface area contributed by atoms with Crippen molar-refractivity contribution in [2.24, 2.45) is 5.73 Å². The second kappa shape index (κ2) is 7.33.